The lowest BCUT2D eigenvalue weighted by molar-refractivity contribution is -0.455. The largest absolute Gasteiger partial charge is 0.404 e. The first-order chi connectivity index (χ1) is 16.1. The van der Waals surface area contributed by atoms with Gasteiger partial charge in [-0.2, -0.15) is 0 Å². The van der Waals surface area contributed by atoms with E-state index in [-0.39, 0.29) is 17.7 Å². The van der Waals surface area contributed by atoms with Crippen molar-refractivity contribution in [2.24, 2.45) is 0 Å². The third-order valence-corrected chi connectivity index (χ3v) is 12.4. The molecular formula is C27H38O6Si. The molecule has 2 aromatic carbocycles. The molecule has 7 heteroatoms. The summed E-state index contributed by atoms with van der Waals surface area (Å²) in [7, 11) is 0.440. The van der Waals surface area contributed by atoms with Gasteiger partial charge in [0.2, 0.25) is 11.6 Å². The number of hydrogen-bond donors (Lipinski definition) is 0. The van der Waals surface area contributed by atoms with Crippen molar-refractivity contribution in [1.29, 1.82) is 0 Å². The van der Waals surface area contributed by atoms with E-state index in [0.717, 1.165) is 0 Å². The Bertz CT molecular complexity index is 921. The zero-order valence-electron chi connectivity index (χ0n) is 21.4. The Balaban J connectivity index is 1.77. The Hall–Kier alpha value is -1.58. The van der Waals surface area contributed by atoms with Gasteiger partial charge in [0.05, 0.1) is 19.8 Å². The van der Waals surface area contributed by atoms with Gasteiger partial charge in [0, 0.05) is 14.2 Å². The summed E-state index contributed by atoms with van der Waals surface area (Å²) in [5.41, 5.74) is -0.824. The van der Waals surface area contributed by atoms with Gasteiger partial charge in [-0.25, -0.2) is 0 Å². The minimum atomic E-state index is -2.76. The van der Waals surface area contributed by atoms with Crippen molar-refractivity contribution in [3.63, 3.8) is 0 Å². The lowest BCUT2D eigenvalue weighted by Gasteiger charge is -2.54. The highest BCUT2D eigenvalue weighted by atomic mass is 28.4. The zero-order valence-corrected chi connectivity index (χ0v) is 22.4. The third kappa shape index (κ3) is 4.17. The van der Waals surface area contributed by atoms with Gasteiger partial charge in [0.25, 0.3) is 8.32 Å². The van der Waals surface area contributed by atoms with Gasteiger partial charge in [-0.05, 0) is 29.3 Å². The Kier molecular flexibility index (Phi) is 6.85. The highest BCUT2D eigenvalue weighted by Crippen LogP contribution is 2.46. The van der Waals surface area contributed by atoms with E-state index >= 15 is 0 Å². The minimum absolute atomic E-state index is 0.137. The number of ether oxygens (including phenoxy) is 5. The number of hydrogen-bond acceptors (Lipinski definition) is 6. The Morgan fingerprint density at radius 2 is 1.38 bits per heavy atom. The first-order valence-corrected chi connectivity index (χ1v) is 13.8. The van der Waals surface area contributed by atoms with E-state index in [1.54, 1.807) is 14.2 Å². The van der Waals surface area contributed by atoms with E-state index in [4.69, 9.17) is 28.1 Å². The summed E-state index contributed by atoms with van der Waals surface area (Å²) < 4.78 is 37.5. The quantitative estimate of drug-likeness (QED) is 0.421. The Morgan fingerprint density at radius 1 is 0.882 bits per heavy atom. The SMILES string of the molecule is CO[C@]1(C)OC[C@](CO[Si](c2ccccc2)(c2ccccc2)C(C)(C)C)([C@@H]2CO2)O[C@@]1(C)OC. The summed E-state index contributed by atoms with van der Waals surface area (Å²) in [6.07, 6.45) is -0.137. The normalized spacial score (nSPS) is 31.9. The van der Waals surface area contributed by atoms with Gasteiger partial charge in [-0.15, -0.1) is 0 Å². The fraction of sp³-hybridized carbons (Fsp3) is 0.556. The molecule has 6 nitrogen and oxygen atoms in total. The van der Waals surface area contributed by atoms with Crippen LogP contribution in [0.3, 0.4) is 0 Å². The smallest absolute Gasteiger partial charge is 0.261 e. The fourth-order valence-corrected chi connectivity index (χ4v) is 9.66. The van der Waals surface area contributed by atoms with E-state index in [2.05, 4.69) is 69.3 Å². The molecule has 0 N–H and O–H groups in total. The van der Waals surface area contributed by atoms with Crippen molar-refractivity contribution in [1.82, 2.24) is 0 Å². The molecule has 2 heterocycles. The van der Waals surface area contributed by atoms with Crippen LogP contribution in [0.2, 0.25) is 5.04 Å². The van der Waals surface area contributed by atoms with Gasteiger partial charge in [-0.1, -0.05) is 81.4 Å². The summed E-state index contributed by atoms with van der Waals surface area (Å²) in [6.45, 7) is 11.6. The van der Waals surface area contributed by atoms with Gasteiger partial charge in [0.15, 0.2) is 0 Å². The standard InChI is InChI=1S/C27H38O6Si/c1-24(2,3)34(21-14-10-8-11-15-21,22-16-12-9-13-17-22)32-20-27(23-18-30-23)19-31-25(4,28-6)26(5,29-7)33-27/h8-17,23H,18-20H2,1-7H3/t23-,25+,26+,27-/m0/s1. The van der Waals surface area contributed by atoms with Gasteiger partial charge >= 0.3 is 0 Å². The van der Waals surface area contributed by atoms with Crippen molar-refractivity contribution in [2.45, 2.75) is 62.9 Å². The van der Waals surface area contributed by atoms with Crippen molar-refractivity contribution < 1.29 is 28.1 Å². The van der Waals surface area contributed by atoms with Crippen LogP contribution in [0.5, 0.6) is 0 Å². The Morgan fingerprint density at radius 3 is 1.79 bits per heavy atom. The summed E-state index contributed by atoms with van der Waals surface area (Å²) >= 11 is 0. The van der Waals surface area contributed by atoms with Crippen LogP contribution in [0.15, 0.2) is 60.7 Å². The second-order valence-electron chi connectivity index (χ2n) is 10.5. The van der Waals surface area contributed by atoms with Crippen LogP contribution in [-0.4, -0.2) is 65.6 Å². The molecule has 0 aromatic heterocycles. The molecular weight excluding hydrogens is 448 g/mol. The van der Waals surface area contributed by atoms with Crippen LogP contribution >= 0.6 is 0 Å². The fourth-order valence-electron chi connectivity index (χ4n) is 5.04. The summed E-state index contributed by atoms with van der Waals surface area (Å²) in [4.78, 5) is 0. The van der Waals surface area contributed by atoms with Gasteiger partial charge in [-0.3, -0.25) is 0 Å². The molecule has 0 aliphatic carbocycles. The predicted octanol–water partition coefficient (Wildman–Crippen LogP) is 3.47. The number of methoxy groups -OCH3 is 2. The monoisotopic (exact) mass is 486 g/mol. The van der Waals surface area contributed by atoms with E-state index in [1.165, 1.54) is 10.4 Å². The molecule has 2 fully saturated rings. The van der Waals surface area contributed by atoms with E-state index in [9.17, 15) is 0 Å². The zero-order chi connectivity index (χ0) is 24.7. The van der Waals surface area contributed by atoms with Crippen LogP contribution in [-0.2, 0) is 28.1 Å². The number of rotatable bonds is 8. The topological polar surface area (TPSA) is 58.7 Å². The molecule has 186 valence electrons. The summed E-state index contributed by atoms with van der Waals surface area (Å²) in [5, 5.41) is 2.28. The lowest BCUT2D eigenvalue weighted by Crippen LogP contribution is -2.72. The maximum absolute atomic E-state index is 7.21. The predicted molar refractivity (Wildman–Crippen MR) is 134 cm³/mol. The minimum Gasteiger partial charge on any atom is -0.404 e. The van der Waals surface area contributed by atoms with Crippen LogP contribution in [0, 0.1) is 0 Å². The molecule has 4 atom stereocenters. The first kappa shape index (κ1) is 25.5. The molecule has 0 bridgehead atoms. The van der Waals surface area contributed by atoms with E-state index < -0.39 is 25.5 Å². The highest BCUT2D eigenvalue weighted by Gasteiger charge is 2.64. The van der Waals surface area contributed by atoms with Crippen LogP contribution in [0.1, 0.15) is 34.6 Å². The van der Waals surface area contributed by atoms with Crippen LogP contribution < -0.4 is 10.4 Å². The van der Waals surface area contributed by atoms with E-state index in [0.29, 0.717) is 13.2 Å². The molecule has 0 radical (unpaired) electrons. The average Bonchev–Trinajstić information content (AvgIpc) is 3.68. The molecule has 2 aliphatic rings. The molecule has 34 heavy (non-hydrogen) atoms. The summed E-state index contributed by atoms with van der Waals surface area (Å²) in [6, 6.07) is 21.2. The molecule has 0 unspecified atom stereocenters. The molecule has 4 rings (SSSR count). The lowest BCUT2D eigenvalue weighted by atomic mass is 9.96. The first-order valence-electron chi connectivity index (χ1n) is 11.9. The molecule has 0 amide bonds. The second-order valence-corrected chi connectivity index (χ2v) is 14.8. The number of epoxide rings is 1. The van der Waals surface area contributed by atoms with Crippen molar-refractivity contribution >= 4 is 18.7 Å². The van der Waals surface area contributed by atoms with Crippen molar-refractivity contribution in [3.8, 4) is 0 Å². The average molecular weight is 487 g/mol. The van der Waals surface area contributed by atoms with E-state index in [1.807, 2.05) is 26.0 Å². The number of benzene rings is 2. The Labute approximate surface area is 204 Å². The molecule has 2 saturated heterocycles. The van der Waals surface area contributed by atoms with Gasteiger partial charge < -0.3 is 28.1 Å². The van der Waals surface area contributed by atoms with Crippen LogP contribution in [0.4, 0.5) is 0 Å². The summed E-state index contributed by atoms with van der Waals surface area (Å²) in [5.74, 6) is -2.20. The van der Waals surface area contributed by atoms with Crippen LogP contribution in [0.25, 0.3) is 0 Å². The molecule has 0 saturated carbocycles. The van der Waals surface area contributed by atoms with Gasteiger partial charge in [0.1, 0.15) is 11.7 Å². The maximum atomic E-state index is 7.21. The highest BCUT2D eigenvalue weighted by molar-refractivity contribution is 6.99. The van der Waals surface area contributed by atoms with Crippen molar-refractivity contribution in [2.75, 3.05) is 34.0 Å². The van der Waals surface area contributed by atoms with Crippen molar-refractivity contribution in [3.05, 3.63) is 60.7 Å². The molecule has 0 spiro atoms. The third-order valence-electron chi connectivity index (χ3n) is 7.46. The maximum Gasteiger partial charge on any atom is 0.261 e. The molecule has 2 aromatic rings. The second kappa shape index (κ2) is 9.13. The molecule has 2 aliphatic heterocycles.